The van der Waals surface area contributed by atoms with Gasteiger partial charge in [-0.3, -0.25) is 5.01 Å². The quantitative estimate of drug-likeness (QED) is 0.570. The van der Waals surface area contributed by atoms with Gasteiger partial charge < -0.3 is 9.84 Å². The molecule has 1 aliphatic carbocycles. The third-order valence-electron chi connectivity index (χ3n) is 6.68. The molecule has 0 spiro atoms. The van der Waals surface area contributed by atoms with Crippen molar-refractivity contribution in [3.8, 4) is 0 Å². The van der Waals surface area contributed by atoms with Crippen LogP contribution in [0.15, 0.2) is 42.5 Å². The first-order chi connectivity index (χ1) is 15.0. The van der Waals surface area contributed by atoms with Crippen LogP contribution in [0.3, 0.4) is 0 Å². The maximum absolute atomic E-state index is 14.1. The molecule has 4 rings (SSSR count). The van der Waals surface area contributed by atoms with Gasteiger partial charge in [-0.25, -0.2) is 9.82 Å². The highest BCUT2D eigenvalue weighted by Gasteiger charge is 2.56. The van der Waals surface area contributed by atoms with Crippen molar-refractivity contribution in [3.05, 3.63) is 59.4 Å². The van der Waals surface area contributed by atoms with Gasteiger partial charge in [0, 0.05) is 6.54 Å². The lowest BCUT2D eigenvalue weighted by molar-refractivity contribution is -0.289. The molecule has 1 fully saturated rings. The Morgan fingerprint density at radius 3 is 2.50 bits per heavy atom. The Morgan fingerprint density at radius 1 is 1.12 bits per heavy atom. The van der Waals surface area contributed by atoms with Crippen LogP contribution in [0.1, 0.15) is 50.7 Å². The molecule has 0 radical (unpaired) electrons. The summed E-state index contributed by atoms with van der Waals surface area (Å²) in [6.45, 7) is 3.42. The average Bonchev–Trinajstić information content (AvgIpc) is 3.15. The molecule has 2 aromatic rings. The first-order valence-electron chi connectivity index (χ1n) is 10.8. The Labute approximate surface area is 185 Å². The Hall–Kier alpha value is -2.16. The number of anilines is 2. The first kappa shape index (κ1) is 23.0. The van der Waals surface area contributed by atoms with Crippen LogP contribution in [0.2, 0.25) is 0 Å². The Kier molecular flexibility index (Phi) is 5.98. The smallest absolute Gasteiger partial charge is 0.375 e. The Bertz CT molecular complexity index is 961. The lowest BCUT2D eigenvalue weighted by Crippen LogP contribution is -2.48. The lowest BCUT2D eigenvalue weighted by Gasteiger charge is -2.40. The normalized spacial score (nSPS) is 22.5. The van der Waals surface area contributed by atoms with Gasteiger partial charge in [-0.2, -0.15) is 13.2 Å². The minimum atomic E-state index is -4.90. The third kappa shape index (κ3) is 4.23. The van der Waals surface area contributed by atoms with Crippen LogP contribution < -0.4 is 10.4 Å². The second-order valence-corrected chi connectivity index (χ2v) is 9.38. The number of ether oxygens (including phenoxy) is 1. The van der Waals surface area contributed by atoms with E-state index in [9.17, 15) is 22.7 Å². The summed E-state index contributed by atoms with van der Waals surface area (Å²) in [6, 6.07) is 9.98. The van der Waals surface area contributed by atoms with Crippen LogP contribution in [-0.4, -0.2) is 24.0 Å². The van der Waals surface area contributed by atoms with E-state index in [1.165, 1.54) is 30.3 Å². The summed E-state index contributed by atoms with van der Waals surface area (Å²) in [5, 5.41) is 12.5. The van der Waals surface area contributed by atoms with Gasteiger partial charge in [-0.05, 0) is 65.8 Å². The number of halogens is 4. The van der Waals surface area contributed by atoms with Crippen molar-refractivity contribution in [1.29, 1.82) is 0 Å². The van der Waals surface area contributed by atoms with E-state index in [2.05, 4.69) is 5.43 Å². The zero-order chi connectivity index (χ0) is 23.1. The predicted octanol–water partition coefficient (Wildman–Crippen LogP) is 5.72. The standard InChI is InChI=1S/C24H28F4N2O2/c1-22(2)12-4-3-5-21(22)32-15-23(31,24(26,27)28)17-6-11-20-16(13-17)14-29-30(20)19-9-7-18(25)8-10-19/h6-11,13,21,29,31H,3-5,12,14-15H2,1-2H3. The fourth-order valence-electron chi connectivity index (χ4n) is 4.59. The summed E-state index contributed by atoms with van der Waals surface area (Å²) in [7, 11) is 0. The van der Waals surface area contributed by atoms with Crippen LogP contribution in [0.25, 0.3) is 0 Å². The molecule has 1 saturated carbocycles. The molecule has 2 N–H and O–H groups in total. The number of alkyl halides is 3. The van der Waals surface area contributed by atoms with Crippen molar-refractivity contribution in [2.75, 3.05) is 11.6 Å². The summed E-state index contributed by atoms with van der Waals surface area (Å²) in [4.78, 5) is 0. The van der Waals surface area contributed by atoms with Crippen LogP contribution in [-0.2, 0) is 16.9 Å². The largest absolute Gasteiger partial charge is 0.423 e. The third-order valence-corrected chi connectivity index (χ3v) is 6.68. The first-order valence-corrected chi connectivity index (χ1v) is 10.8. The lowest BCUT2D eigenvalue weighted by atomic mass is 9.75. The van der Waals surface area contributed by atoms with Crippen molar-refractivity contribution >= 4 is 11.4 Å². The number of benzene rings is 2. The SMILES string of the molecule is CC1(C)CCCCC1OCC(O)(c1ccc2c(c1)CNN2c1ccc(F)cc1)C(F)(F)F. The number of hydrogen-bond acceptors (Lipinski definition) is 4. The zero-order valence-corrected chi connectivity index (χ0v) is 18.2. The molecule has 2 aliphatic rings. The summed E-state index contributed by atoms with van der Waals surface area (Å²) < 4.78 is 61.2. The van der Waals surface area contributed by atoms with E-state index in [0.29, 0.717) is 23.4 Å². The Balaban J connectivity index is 1.60. The topological polar surface area (TPSA) is 44.7 Å². The molecule has 8 heteroatoms. The highest BCUT2D eigenvalue weighted by Crippen LogP contribution is 2.44. The molecule has 174 valence electrons. The molecule has 32 heavy (non-hydrogen) atoms. The maximum atomic E-state index is 14.1. The van der Waals surface area contributed by atoms with Crippen molar-refractivity contribution < 1.29 is 27.4 Å². The number of hydrazine groups is 1. The van der Waals surface area contributed by atoms with Crippen LogP contribution in [0.5, 0.6) is 0 Å². The highest BCUT2D eigenvalue weighted by molar-refractivity contribution is 5.68. The van der Waals surface area contributed by atoms with Crippen LogP contribution in [0, 0.1) is 11.2 Å². The zero-order valence-electron chi connectivity index (χ0n) is 18.2. The van der Waals surface area contributed by atoms with Gasteiger partial charge in [-0.1, -0.05) is 32.8 Å². The van der Waals surface area contributed by atoms with E-state index in [0.717, 1.165) is 19.3 Å². The monoisotopic (exact) mass is 452 g/mol. The van der Waals surface area contributed by atoms with Gasteiger partial charge in [0.2, 0.25) is 5.60 Å². The maximum Gasteiger partial charge on any atom is 0.423 e. The van der Waals surface area contributed by atoms with Gasteiger partial charge >= 0.3 is 6.18 Å². The van der Waals surface area contributed by atoms with Crippen molar-refractivity contribution in [3.63, 3.8) is 0 Å². The highest BCUT2D eigenvalue weighted by atomic mass is 19.4. The predicted molar refractivity (Wildman–Crippen MR) is 114 cm³/mol. The minimum absolute atomic E-state index is 0.234. The fourth-order valence-corrected chi connectivity index (χ4v) is 4.59. The molecule has 4 nitrogen and oxygen atoms in total. The second kappa shape index (κ2) is 8.32. The average molecular weight is 452 g/mol. The van der Waals surface area contributed by atoms with Gasteiger partial charge in [0.25, 0.3) is 0 Å². The molecule has 2 atom stereocenters. The number of nitrogens with zero attached hydrogens (tertiary/aromatic N) is 1. The van der Waals surface area contributed by atoms with Crippen molar-refractivity contribution in [2.45, 2.75) is 64.0 Å². The summed E-state index contributed by atoms with van der Waals surface area (Å²) in [5.41, 5.74) is 1.41. The van der Waals surface area contributed by atoms with E-state index in [-0.39, 0.29) is 29.4 Å². The fraction of sp³-hybridized carbons (Fsp3) is 0.500. The second-order valence-electron chi connectivity index (χ2n) is 9.38. The van der Waals surface area contributed by atoms with E-state index in [1.54, 1.807) is 17.1 Å². The molecule has 0 bridgehead atoms. The summed E-state index contributed by atoms with van der Waals surface area (Å²) in [6.07, 6.45) is -1.74. The van der Waals surface area contributed by atoms with Crippen LogP contribution in [0.4, 0.5) is 28.9 Å². The molecular weight excluding hydrogens is 424 g/mol. The number of nitrogens with one attached hydrogen (secondary N) is 1. The number of hydrogen-bond donors (Lipinski definition) is 2. The van der Waals surface area contributed by atoms with Gasteiger partial charge in [0.15, 0.2) is 0 Å². The van der Waals surface area contributed by atoms with E-state index >= 15 is 0 Å². The molecule has 1 aliphatic heterocycles. The van der Waals surface area contributed by atoms with E-state index in [4.69, 9.17) is 4.74 Å². The molecule has 0 saturated heterocycles. The van der Waals surface area contributed by atoms with Crippen molar-refractivity contribution in [1.82, 2.24) is 5.43 Å². The van der Waals surface area contributed by atoms with Crippen molar-refractivity contribution in [2.24, 2.45) is 5.41 Å². The van der Waals surface area contributed by atoms with E-state index < -0.39 is 18.4 Å². The molecule has 2 unspecified atom stereocenters. The molecule has 0 aromatic heterocycles. The number of aliphatic hydroxyl groups is 1. The molecule has 2 aromatic carbocycles. The molecular formula is C24H28F4N2O2. The van der Waals surface area contributed by atoms with Gasteiger partial charge in [0.1, 0.15) is 5.82 Å². The van der Waals surface area contributed by atoms with Gasteiger partial charge in [0.05, 0.1) is 24.1 Å². The summed E-state index contributed by atoms with van der Waals surface area (Å²) in [5.74, 6) is -0.375. The number of fused-ring (bicyclic) bond motifs is 1. The number of rotatable bonds is 5. The van der Waals surface area contributed by atoms with Gasteiger partial charge in [-0.15, -0.1) is 0 Å². The van der Waals surface area contributed by atoms with E-state index in [1.807, 2.05) is 13.8 Å². The molecule has 0 amide bonds. The Morgan fingerprint density at radius 2 is 1.84 bits per heavy atom. The summed E-state index contributed by atoms with van der Waals surface area (Å²) >= 11 is 0. The minimum Gasteiger partial charge on any atom is -0.375 e. The molecule has 1 heterocycles. The van der Waals surface area contributed by atoms with Crippen LogP contribution >= 0.6 is 0 Å².